The van der Waals surface area contributed by atoms with Crippen LogP contribution in [0.1, 0.15) is 18.4 Å². The lowest BCUT2D eigenvalue weighted by atomic mass is 10.1. The van der Waals surface area contributed by atoms with Crippen molar-refractivity contribution >= 4 is 23.3 Å². The maximum atomic E-state index is 13.0. The van der Waals surface area contributed by atoms with Gasteiger partial charge in [-0.3, -0.25) is 14.5 Å². The summed E-state index contributed by atoms with van der Waals surface area (Å²) in [7, 11) is 0. The summed E-state index contributed by atoms with van der Waals surface area (Å²) in [6.07, 6.45) is 3.47. The molecule has 1 saturated heterocycles. The summed E-state index contributed by atoms with van der Waals surface area (Å²) in [5.74, 6) is 1.93. The van der Waals surface area contributed by atoms with Crippen molar-refractivity contribution in [2.75, 3.05) is 29.7 Å². The van der Waals surface area contributed by atoms with E-state index in [4.69, 9.17) is 9.47 Å². The van der Waals surface area contributed by atoms with Gasteiger partial charge < -0.3 is 19.7 Å². The zero-order chi connectivity index (χ0) is 19.1. The summed E-state index contributed by atoms with van der Waals surface area (Å²) < 4.78 is 10.7. The minimum Gasteiger partial charge on any atom is -0.454 e. The topological polar surface area (TPSA) is 84.0 Å². The number of nitrogens with zero attached hydrogens (tertiary/aromatic N) is 3. The van der Waals surface area contributed by atoms with Crippen LogP contribution >= 0.6 is 0 Å². The molecule has 2 aromatic rings. The Morgan fingerprint density at radius 2 is 2.14 bits per heavy atom. The molecular weight excluding hydrogens is 360 g/mol. The van der Waals surface area contributed by atoms with Gasteiger partial charge in [-0.25, -0.2) is 4.98 Å². The van der Waals surface area contributed by atoms with Gasteiger partial charge in [0, 0.05) is 19.3 Å². The summed E-state index contributed by atoms with van der Waals surface area (Å²) in [4.78, 5) is 33.6. The van der Waals surface area contributed by atoms with E-state index in [2.05, 4.69) is 15.2 Å². The van der Waals surface area contributed by atoms with E-state index < -0.39 is 0 Å². The highest BCUT2D eigenvalue weighted by atomic mass is 16.7. The number of anilines is 2. The van der Waals surface area contributed by atoms with E-state index in [1.54, 1.807) is 17.2 Å². The molecule has 1 atom stereocenters. The molecule has 5 rings (SSSR count). The Morgan fingerprint density at radius 1 is 1.25 bits per heavy atom. The largest absolute Gasteiger partial charge is 0.454 e. The van der Waals surface area contributed by atoms with Crippen molar-refractivity contribution in [3.8, 4) is 11.5 Å². The highest BCUT2D eigenvalue weighted by molar-refractivity contribution is 6.08. The highest BCUT2D eigenvalue weighted by Crippen LogP contribution is 2.38. The van der Waals surface area contributed by atoms with Crippen molar-refractivity contribution in [1.29, 1.82) is 0 Å². The number of carbonyl (C=O) groups is 2. The SMILES string of the molecule is O=C(CN1C(=O)[C@H]2CCCN2c2ncccc21)NCc1ccc2c(c1)OCO2. The van der Waals surface area contributed by atoms with Crippen LogP contribution in [0.5, 0.6) is 11.5 Å². The fourth-order valence-electron chi connectivity index (χ4n) is 4.01. The van der Waals surface area contributed by atoms with Crippen molar-refractivity contribution in [3.05, 3.63) is 42.1 Å². The summed E-state index contributed by atoms with van der Waals surface area (Å²) in [6.45, 7) is 1.37. The van der Waals surface area contributed by atoms with Crippen molar-refractivity contribution in [3.63, 3.8) is 0 Å². The summed E-state index contributed by atoms with van der Waals surface area (Å²) in [6, 6.07) is 8.98. The first-order chi connectivity index (χ1) is 13.7. The third-order valence-electron chi connectivity index (χ3n) is 5.36. The van der Waals surface area contributed by atoms with Crippen molar-refractivity contribution in [1.82, 2.24) is 10.3 Å². The number of amides is 2. The van der Waals surface area contributed by atoms with Crippen LogP contribution < -0.4 is 24.6 Å². The van der Waals surface area contributed by atoms with Crippen LogP contribution in [-0.2, 0) is 16.1 Å². The second-order valence-electron chi connectivity index (χ2n) is 7.09. The number of carbonyl (C=O) groups excluding carboxylic acids is 2. The number of rotatable bonds is 4. The van der Waals surface area contributed by atoms with Gasteiger partial charge in [0.1, 0.15) is 12.6 Å². The first-order valence-electron chi connectivity index (χ1n) is 9.39. The van der Waals surface area contributed by atoms with E-state index in [0.29, 0.717) is 23.7 Å². The number of pyridine rings is 1. The lowest BCUT2D eigenvalue weighted by Gasteiger charge is -2.38. The van der Waals surface area contributed by atoms with Crippen LogP contribution in [0.15, 0.2) is 36.5 Å². The van der Waals surface area contributed by atoms with Crippen LogP contribution in [0.25, 0.3) is 0 Å². The molecule has 4 heterocycles. The minimum absolute atomic E-state index is 0.0214. The molecule has 8 nitrogen and oxygen atoms in total. The number of fused-ring (bicyclic) bond motifs is 4. The minimum atomic E-state index is -0.218. The third-order valence-corrected chi connectivity index (χ3v) is 5.36. The fourth-order valence-corrected chi connectivity index (χ4v) is 4.01. The van der Waals surface area contributed by atoms with E-state index in [1.165, 1.54) is 0 Å². The van der Waals surface area contributed by atoms with E-state index in [0.717, 1.165) is 30.8 Å². The van der Waals surface area contributed by atoms with Crippen molar-refractivity contribution in [2.24, 2.45) is 0 Å². The van der Waals surface area contributed by atoms with Gasteiger partial charge in [0.15, 0.2) is 17.3 Å². The van der Waals surface area contributed by atoms with Gasteiger partial charge in [0.05, 0.1) is 5.69 Å². The van der Waals surface area contributed by atoms with Gasteiger partial charge in [-0.1, -0.05) is 6.07 Å². The number of benzene rings is 1. The van der Waals surface area contributed by atoms with Crippen LogP contribution in [0.2, 0.25) is 0 Å². The standard InChI is InChI=1S/C20H20N4O4/c25-18(22-10-13-5-6-16-17(9-13)28-12-27-16)11-24-14-3-1-7-21-19(14)23-8-2-4-15(23)20(24)26/h1,3,5-7,9,15H,2,4,8,10-12H2,(H,22,25)/t15-/m1/s1. The molecule has 0 bridgehead atoms. The fraction of sp³-hybridized carbons (Fsp3) is 0.350. The summed E-state index contributed by atoms with van der Waals surface area (Å²) >= 11 is 0. The number of aromatic nitrogens is 1. The Balaban J connectivity index is 1.29. The second kappa shape index (κ2) is 6.70. The maximum absolute atomic E-state index is 13.0. The lowest BCUT2D eigenvalue weighted by molar-refractivity contribution is -0.124. The van der Waals surface area contributed by atoms with Crippen LogP contribution in [0.4, 0.5) is 11.5 Å². The highest BCUT2D eigenvalue weighted by Gasteiger charge is 2.41. The molecule has 144 valence electrons. The first-order valence-corrected chi connectivity index (χ1v) is 9.39. The van der Waals surface area contributed by atoms with Gasteiger partial charge in [0.2, 0.25) is 18.6 Å². The normalized spacial score (nSPS) is 19.4. The van der Waals surface area contributed by atoms with Gasteiger partial charge in [0.25, 0.3) is 0 Å². The molecule has 28 heavy (non-hydrogen) atoms. The zero-order valence-corrected chi connectivity index (χ0v) is 15.3. The Kier molecular flexibility index (Phi) is 4.03. The van der Waals surface area contributed by atoms with E-state index >= 15 is 0 Å². The first kappa shape index (κ1) is 16.9. The van der Waals surface area contributed by atoms with Gasteiger partial charge >= 0.3 is 0 Å². The Labute approximate surface area is 162 Å². The Morgan fingerprint density at radius 3 is 3.07 bits per heavy atom. The quantitative estimate of drug-likeness (QED) is 0.864. The number of hydrogen-bond donors (Lipinski definition) is 1. The van der Waals surface area contributed by atoms with Gasteiger partial charge in [-0.2, -0.15) is 0 Å². The zero-order valence-electron chi connectivity index (χ0n) is 15.3. The van der Waals surface area contributed by atoms with Crippen LogP contribution in [0, 0.1) is 0 Å². The lowest BCUT2D eigenvalue weighted by Crippen LogP contribution is -2.53. The maximum Gasteiger partial charge on any atom is 0.250 e. The van der Waals surface area contributed by atoms with Gasteiger partial charge in [-0.05, 0) is 42.7 Å². The van der Waals surface area contributed by atoms with Gasteiger partial charge in [-0.15, -0.1) is 0 Å². The monoisotopic (exact) mass is 380 g/mol. The molecule has 1 N–H and O–H groups in total. The predicted octanol–water partition coefficient (Wildman–Crippen LogP) is 1.44. The molecule has 8 heteroatoms. The second-order valence-corrected chi connectivity index (χ2v) is 7.09. The Bertz CT molecular complexity index is 948. The van der Waals surface area contributed by atoms with E-state index in [1.807, 2.05) is 24.3 Å². The molecule has 0 aliphatic carbocycles. The van der Waals surface area contributed by atoms with Crippen LogP contribution in [-0.4, -0.2) is 42.7 Å². The van der Waals surface area contributed by atoms with E-state index in [9.17, 15) is 9.59 Å². The number of ether oxygens (including phenoxy) is 2. The van der Waals surface area contributed by atoms with E-state index in [-0.39, 0.29) is 31.2 Å². The average Bonchev–Trinajstić information content (AvgIpc) is 3.38. The molecule has 0 saturated carbocycles. The molecule has 1 aromatic heterocycles. The average molecular weight is 380 g/mol. The summed E-state index contributed by atoms with van der Waals surface area (Å²) in [5.41, 5.74) is 1.61. The molecular formula is C20H20N4O4. The van der Waals surface area contributed by atoms with Crippen LogP contribution in [0.3, 0.4) is 0 Å². The predicted molar refractivity (Wildman–Crippen MR) is 101 cm³/mol. The molecule has 2 amide bonds. The number of hydrogen-bond acceptors (Lipinski definition) is 6. The molecule has 1 fully saturated rings. The molecule has 3 aliphatic heterocycles. The summed E-state index contributed by atoms with van der Waals surface area (Å²) in [5, 5.41) is 2.89. The third kappa shape index (κ3) is 2.81. The van der Waals surface area contributed by atoms with Crippen molar-refractivity contribution in [2.45, 2.75) is 25.4 Å². The van der Waals surface area contributed by atoms with Crippen molar-refractivity contribution < 1.29 is 19.1 Å². The Hall–Kier alpha value is -3.29. The molecule has 1 aromatic carbocycles. The smallest absolute Gasteiger partial charge is 0.250 e. The molecule has 0 spiro atoms. The molecule has 0 radical (unpaired) electrons. The molecule has 3 aliphatic rings. The molecule has 0 unspecified atom stereocenters. The number of nitrogens with one attached hydrogen (secondary N) is 1.